The molecule has 17 heavy (non-hydrogen) atoms. The molecule has 0 saturated carbocycles. The summed E-state index contributed by atoms with van der Waals surface area (Å²) < 4.78 is 12.9. The maximum Gasteiger partial charge on any atom is 0.255 e. The molecule has 0 bridgehead atoms. The first-order valence-corrected chi connectivity index (χ1v) is 4.93. The maximum absolute atomic E-state index is 12.9. The third kappa shape index (κ3) is 2.78. The summed E-state index contributed by atoms with van der Waals surface area (Å²) in [5, 5.41) is 2.56. The fourth-order valence-corrected chi connectivity index (χ4v) is 1.36. The van der Waals surface area contributed by atoms with E-state index in [1.54, 1.807) is 6.07 Å². The molecule has 86 valence electrons. The Morgan fingerprint density at radius 2 is 2.12 bits per heavy atom. The molecule has 0 radical (unpaired) electrons. The number of hydrogen-bond donors (Lipinski definition) is 2. The van der Waals surface area contributed by atoms with E-state index in [1.165, 1.54) is 36.5 Å². The number of halogens is 1. The average Bonchev–Trinajstić information content (AvgIpc) is 2.29. The van der Waals surface area contributed by atoms with Gasteiger partial charge in [0.1, 0.15) is 11.6 Å². The Bertz CT molecular complexity index is 557. The highest BCUT2D eigenvalue weighted by molar-refractivity contribution is 6.04. The van der Waals surface area contributed by atoms with Crippen molar-refractivity contribution in [2.24, 2.45) is 0 Å². The van der Waals surface area contributed by atoms with Gasteiger partial charge in [-0.1, -0.05) is 6.07 Å². The summed E-state index contributed by atoms with van der Waals surface area (Å²) >= 11 is 0. The van der Waals surface area contributed by atoms with Gasteiger partial charge in [0.25, 0.3) is 5.91 Å². The molecular weight excluding hydrogens is 221 g/mol. The first-order valence-electron chi connectivity index (χ1n) is 4.93. The van der Waals surface area contributed by atoms with Crippen molar-refractivity contribution >= 4 is 17.4 Å². The molecule has 0 spiro atoms. The Labute approximate surface area is 97.3 Å². The van der Waals surface area contributed by atoms with Crippen LogP contribution in [0, 0.1) is 5.82 Å². The van der Waals surface area contributed by atoms with Gasteiger partial charge in [0, 0.05) is 17.4 Å². The number of rotatable bonds is 2. The van der Waals surface area contributed by atoms with E-state index in [4.69, 9.17) is 5.73 Å². The van der Waals surface area contributed by atoms with E-state index >= 15 is 0 Å². The molecule has 0 atom stereocenters. The summed E-state index contributed by atoms with van der Waals surface area (Å²) in [7, 11) is 0. The van der Waals surface area contributed by atoms with Crippen LogP contribution in [0.5, 0.6) is 0 Å². The molecule has 5 heteroatoms. The van der Waals surface area contributed by atoms with Crippen LogP contribution in [0.3, 0.4) is 0 Å². The predicted molar refractivity (Wildman–Crippen MR) is 63.0 cm³/mol. The van der Waals surface area contributed by atoms with Crippen LogP contribution in [0.25, 0.3) is 0 Å². The van der Waals surface area contributed by atoms with Gasteiger partial charge in [0.2, 0.25) is 0 Å². The molecule has 0 aliphatic rings. The summed E-state index contributed by atoms with van der Waals surface area (Å²) in [5.74, 6) is -0.501. The van der Waals surface area contributed by atoms with Crippen molar-refractivity contribution in [1.82, 2.24) is 4.98 Å². The number of hydrogen-bond acceptors (Lipinski definition) is 3. The topological polar surface area (TPSA) is 68.0 Å². The highest BCUT2D eigenvalue weighted by atomic mass is 19.1. The van der Waals surface area contributed by atoms with Gasteiger partial charge in [-0.3, -0.25) is 4.79 Å². The number of nitrogens with zero attached hydrogens (tertiary/aromatic N) is 1. The zero-order chi connectivity index (χ0) is 12.3. The zero-order valence-corrected chi connectivity index (χ0v) is 8.85. The van der Waals surface area contributed by atoms with Gasteiger partial charge >= 0.3 is 0 Å². The van der Waals surface area contributed by atoms with Crippen LogP contribution in [0.1, 0.15) is 10.4 Å². The van der Waals surface area contributed by atoms with Crippen molar-refractivity contribution in [3.63, 3.8) is 0 Å². The number of nitrogens with one attached hydrogen (secondary N) is 1. The van der Waals surface area contributed by atoms with Crippen LogP contribution in [-0.2, 0) is 0 Å². The molecule has 1 aromatic carbocycles. The lowest BCUT2D eigenvalue weighted by Gasteiger charge is -2.05. The largest absolute Gasteiger partial charge is 0.384 e. The molecule has 4 nitrogen and oxygen atoms in total. The molecule has 1 amide bonds. The first-order chi connectivity index (χ1) is 8.15. The minimum Gasteiger partial charge on any atom is -0.384 e. The lowest BCUT2D eigenvalue weighted by molar-refractivity contribution is 0.102. The molecule has 0 fully saturated rings. The molecule has 0 aliphatic heterocycles. The van der Waals surface area contributed by atoms with Crippen molar-refractivity contribution in [3.8, 4) is 0 Å². The Balaban J connectivity index is 2.17. The second kappa shape index (κ2) is 4.61. The van der Waals surface area contributed by atoms with E-state index < -0.39 is 5.82 Å². The molecular formula is C12H10FN3O. The number of benzene rings is 1. The molecule has 2 rings (SSSR count). The molecule has 2 aromatic rings. The Hall–Kier alpha value is -2.43. The number of nitrogen functional groups attached to an aromatic ring is 1. The lowest BCUT2D eigenvalue weighted by atomic mass is 10.2. The lowest BCUT2D eigenvalue weighted by Crippen LogP contribution is -2.12. The fraction of sp³-hybridized carbons (Fsp3) is 0. The quantitative estimate of drug-likeness (QED) is 0.831. The third-order valence-electron chi connectivity index (χ3n) is 2.13. The van der Waals surface area contributed by atoms with Crippen molar-refractivity contribution in [3.05, 3.63) is 54.0 Å². The third-order valence-corrected chi connectivity index (χ3v) is 2.13. The highest BCUT2D eigenvalue weighted by Crippen LogP contribution is 2.11. The van der Waals surface area contributed by atoms with Gasteiger partial charge in [-0.15, -0.1) is 0 Å². The normalized spacial score (nSPS) is 9.94. The number of carbonyl (C=O) groups excluding carboxylic acids is 1. The second-order valence-electron chi connectivity index (χ2n) is 3.43. The van der Waals surface area contributed by atoms with Crippen LogP contribution in [0.2, 0.25) is 0 Å². The molecule has 3 N–H and O–H groups in total. The number of pyridine rings is 1. The first kappa shape index (κ1) is 11.1. The Kier molecular flexibility index (Phi) is 3.00. The van der Waals surface area contributed by atoms with E-state index in [0.29, 0.717) is 11.3 Å². The Morgan fingerprint density at radius 1 is 1.29 bits per heavy atom. The minimum atomic E-state index is -0.406. The van der Waals surface area contributed by atoms with Gasteiger partial charge in [-0.2, -0.15) is 0 Å². The smallest absolute Gasteiger partial charge is 0.255 e. The molecule has 1 aromatic heterocycles. The summed E-state index contributed by atoms with van der Waals surface area (Å²) in [4.78, 5) is 15.5. The van der Waals surface area contributed by atoms with E-state index in [2.05, 4.69) is 10.3 Å². The minimum absolute atomic E-state index is 0.261. The van der Waals surface area contributed by atoms with E-state index in [1.807, 2.05) is 0 Å². The number of aromatic nitrogens is 1. The summed E-state index contributed by atoms with van der Waals surface area (Å²) in [6.45, 7) is 0. The van der Waals surface area contributed by atoms with Crippen LogP contribution < -0.4 is 11.1 Å². The van der Waals surface area contributed by atoms with Crippen LogP contribution in [0.4, 0.5) is 15.9 Å². The van der Waals surface area contributed by atoms with Gasteiger partial charge < -0.3 is 11.1 Å². The second-order valence-corrected chi connectivity index (χ2v) is 3.43. The number of anilines is 2. The monoisotopic (exact) mass is 231 g/mol. The number of amides is 1. The summed E-state index contributed by atoms with van der Waals surface area (Å²) in [5.41, 5.74) is 6.23. The fourth-order valence-electron chi connectivity index (χ4n) is 1.36. The van der Waals surface area contributed by atoms with Gasteiger partial charge in [-0.25, -0.2) is 9.37 Å². The highest BCUT2D eigenvalue weighted by Gasteiger charge is 2.06. The van der Waals surface area contributed by atoms with Crippen LogP contribution in [0.15, 0.2) is 42.6 Å². The average molecular weight is 231 g/mol. The van der Waals surface area contributed by atoms with E-state index in [9.17, 15) is 9.18 Å². The maximum atomic E-state index is 12.9. The van der Waals surface area contributed by atoms with Crippen molar-refractivity contribution in [2.45, 2.75) is 0 Å². The SMILES string of the molecule is Nc1cc(C(=O)Nc2cccc(F)c2)ccn1. The van der Waals surface area contributed by atoms with Gasteiger partial charge in [0.15, 0.2) is 0 Å². The van der Waals surface area contributed by atoms with E-state index in [0.717, 1.165) is 0 Å². The molecule has 0 saturated heterocycles. The molecule has 0 unspecified atom stereocenters. The van der Waals surface area contributed by atoms with E-state index in [-0.39, 0.29) is 11.7 Å². The van der Waals surface area contributed by atoms with Gasteiger partial charge in [0.05, 0.1) is 0 Å². The summed E-state index contributed by atoms with van der Waals surface area (Å²) in [6, 6.07) is 8.65. The zero-order valence-electron chi connectivity index (χ0n) is 8.85. The van der Waals surface area contributed by atoms with Crippen molar-refractivity contribution in [1.29, 1.82) is 0 Å². The van der Waals surface area contributed by atoms with Crippen LogP contribution in [-0.4, -0.2) is 10.9 Å². The molecule has 0 aliphatic carbocycles. The van der Waals surface area contributed by atoms with Gasteiger partial charge in [-0.05, 0) is 30.3 Å². The standard InChI is InChI=1S/C12H10FN3O/c13-9-2-1-3-10(7-9)16-12(17)8-4-5-15-11(14)6-8/h1-7H,(H2,14,15)(H,16,17). The van der Waals surface area contributed by atoms with Crippen LogP contribution >= 0.6 is 0 Å². The van der Waals surface area contributed by atoms with Crippen molar-refractivity contribution in [2.75, 3.05) is 11.1 Å². The Morgan fingerprint density at radius 3 is 2.82 bits per heavy atom. The molecule has 1 heterocycles. The number of carbonyl (C=O) groups is 1. The summed E-state index contributed by atoms with van der Waals surface area (Å²) in [6.07, 6.45) is 1.44. The van der Waals surface area contributed by atoms with Crippen molar-refractivity contribution < 1.29 is 9.18 Å². The predicted octanol–water partition coefficient (Wildman–Crippen LogP) is 2.06. The number of nitrogens with two attached hydrogens (primary N) is 1.